The zero-order valence-corrected chi connectivity index (χ0v) is 11.5. The largest absolute Gasteiger partial charge is 0.480 e. The molecule has 2 saturated heterocycles. The van der Waals surface area contributed by atoms with Gasteiger partial charge in [-0.2, -0.15) is 0 Å². The van der Waals surface area contributed by atoms with Crippen LogP contribution >= 0.6 is 0 Å². The average Bonchev–Trinajstić information content (AvgIpc) is 2.88. The van der Waals surface area contributed by atoms with Crippen LogP contribution in [-0.2, 0) is 9.59 Å². The van der Waals surface area contributed by atoms with Gasteiger partial charge < -0.3 is 15.3 Å². The second-order valence-electron chi connectivity index (χ2n) is 5.23. The summed E-state index contributed by atoms with van der Waals surface area (Å²) >= 11 is 0. The van der Waals surface area contributed by atoms with Crippen LogP contribution in [0.2, 0.25) is 0 Å². The van der Waals surface area contributed by atoms with E-state index in [9.17, 15) is 14.7 Å². The third-order valence-electron chi connectivity index (χ3n) is 4.08. The van der Waals surface area contributed by atoms with Crippen molar-refractivity contribution in [2.24, 2.45) is 0 Å². The number of carboxylic acid groups (broad SMARTS) is 1. The van der Waals surface area contributed by atoms with Crippen LogP contribution in [0.25, 0.3) is 0 Å². The van der Waals surface area contributed by atoms with Gasteiger partial charge in [0.1, 0.15) is 6.04 Å². The number of hydrogen-bond donors (Lipinski definition) is 2. The predicted molar refractivity (Wildman–Crippen MR) is 70.9 cm³/mol. The van der Waals surface area contributed by atoms with Crippen molar-refractivity contribution in [1.29, 1.82) is 0 Å². The summed E-state index contributed by atoms with van der Waals surface area (Å²) in [5.74, 6) is -0.707. The summed E-state index contributed by atoms with van der Waals surface area (Å²) in [6, 6.07) is -0.765. The molecule has 0 bridgehead atoms. The highest BCUT2D eigenvalue weighted by atomic mass is 16.4. The second-order valence-corrected chi connectivity index (χ2v) is 5.23. The topological polar surface area (TPSA) is 72.9 Å². The summed E-state index contributed by atoms with van der Waals surface area (Å²) in [5, 5.41) is 12.5. The lowest BCUT2D eigenvalue weighted by atomic mass is 10.1. The maximum Gasteiger partial charge on any atom is 0.320 e. The average molecular weight is 269 g/mol. The van der Waals surface area contributed by atoms with Gasteiger partial charge in [0, 0.05) is 26.2 Å². The molecule has 2 rings (SSSR count). The summed E-state index contributed by atoms with van der Waals surface area (Å²) in [5.41, 5.74) is 0. The standard InChI is InChI=1S/C13H23N3O3/c1-2-10(13(18)19)16-7-3-4-11(16)12(17)15-8-5-14-6-9-15/h10-11,14H,2-9H2,1H3,(H,18,19). The third kappa shape index (κ3) is 3.06. The minimum atomic E-state index is -0.817. The highest BCUT2D eigenvalue weighted by Gasteiger charge is 2.39. The monoisotopic (exact) mass is 269 g/mol. The number of carbonyl (C=O) groups is 2. The van der Waals surface area contributed by atoms with Gasteiger partial charge in [0.05, 0.1) is 6.04 Å². The summed E-state index contributed by atoms with van der Waals surface area (Å²) in [6.07, 6.45) is 2.24. The van der Waals surface area contributed by atoms with Crippen LogP contribution in [0.15, 0.2) is 0 Å². The molecule has 6 nitrogen and oxygen atoms in total. The number of carboxylic acids is 1. The van der Waals surface area contributed by atoms with E-state index < -0.39 is 12.0 Å². The van der Waals surface area contributed by atoms with Crippen molar-refractivity contribution in [3.63, 3.8) is 0 Å². The van der Waals surface area contributed by atoms with Crippen molar-refractivity contribution in [3.8, 4) is 0 Å². The first-order chi connectivity index (χ1) is 9.15. The molecule has 19 heavy (non-hydrogen) atoms. The van der Waals surface area contributed by atoms with E-state index in [0.29, 0.717) is 13.0 Å². The molecule has 2 aliphatic heterocycles. The highest BCUT2D eigenvalue weighted by molar-refractivity contribution is 5.83. The van der Waals surface area contributed by atoms with Crippen molar-refractivity contribution in [2.75, 3.05) is 32.7 Å². The smallest absolute Gasteiger partial charge is 0.320 e. The van der Waals surface area contributed by atoms with Gasteiger partial charge in [-0.3, -0.25) is 14.5 Å². The SMILES string of the molecule is CCC(C(=O)O)N1CCCC1C(=O)N1CCNCC1. The zero-order chi connectivity index (χ0) is 13.8. The Morgan fingerprint density at radius 1 is 1.32 bits per heavy atom. The number of nitrogens with one attached hydrogen (secondary N) is 1. The fourth-order valence-corrected chi connectivity index (χ4v) is 3.07. The van der Waals surface area contributed by atoms with Crippen LogP contribution in [-0.4, -0.2) is 71.6 Å². The van der Waals surface area contributed by atoms with E-state index in [1.165, 1.54) is 0 Å². The maximum atomic E-state index is 12.5. The molecular formula is C13H23N3O3. The second kappa shape index (κ2) is 6.34. The Hall–Kier alpha value is -1.14. The molecule has 0 radical (unpaired) electrons. The molecule has 0 aliphatic carbocycles. The van der Waals surface area contributed by atoms with Crippen LogP contribution in [0.3, 0.4) is 0 Å². The molecule has 2 unspecified atom stereocenters. The molecule has 2 fully saturated rings. The van der Waals surface area contributed by atoms with E-state index >= 15 is 0 Å². The van der Waals surface area contributed by atoms with Gasteiger partial charge in [-0.05, 0) is 25.8 Å². The van der Waals surface area contributed by atoms with Gasteiger partial charge in [0.2, 0.25) is 5.91 Å². The number of piperazine rings is 1. The molecule has 2 atom stereocenters. The van der Waals surface area contributed by atoms with Gasteiger partial charge in [0.15, 0.2) is 0 Å². The van der Waals surface area contributed by atoms with Crippen LogP contribution in [0, 0.1) is 0 Å². The Labute approximate surface area is 113 Å². The van der Waals surface area contributed by atoms with E-state index in [0.717, 1.165) is 39.0 Å². The van der Waals surface area contributed by atoms with Crippen LogP contribution in [0.5, 0.6) is 0 Å². The highest BCUT2D eigenvalue weighted by Crippen LogP contribution is 2.23. The summed E-state index contributed by atoms with van der Waals surface area (Å²) in [6.45, 7) is 5.69. The van der Waals surface area contributed by atoms with Gasteiger partial charge >= 0.3 is 5.97 Å². The molecular weight excluding hydrogens is 246 g/mol. The Morgan fingerprint density at radius 3 is 2.58 bits per heavy atom. The quantitative estimate of drug-likeness (QED) is 0.736. The van der Waals surface area contributed by atoms with Crippen LogP contribution < -0.4 is 5.32 Å². The Balaban J connectivity index is 2.04. The molecule has 0 saturated carbocycles. The number of rotatable bonds is 4. The van der Waals surface area contributed by atoms with Crippen LogP contribution in [0.1, 0.15) is 26.2 Å². The molecule has 0 aromatic carbocycles. The van der Waals surface area contributed by atoms with Crippen molar-refractivity contribution in [2.45, 2.75) is 38.3 Å². The van der Waals surface area contributed by atoms with Gasteiger partial charge in [-0.15, -0.1) is 0 Å². The van der Waals surface area contributed by atoms with Gasteiger partial charge in [-0.1, -0.05) is 6.92 Å². The molecule has 2 heterocycles. The number of nitrogens with zero attached hydrogens (tertiary/aromatic N) is 2. The van der Waals surface area contributed by atoms with Gasteiger partial charge in [-0.25, -0.2) is 0 Å². The van der Waals surface area contributed by atoms with Crippen molar-refractivity contribution >= 4 is 11.9 Å². The number of carbonyl (C=O) groups excluding carboxylic acids is 1. The Kier molecular flexibility index (Phi) is 4.76. The molecule has 2 N–H and O–H groups in total. The Morgan fingerprint density at radius 2 is 2.00 bits per heavy atom. The number of likely N-dealkylation sites (tertiary alicyclic amines) is 1. The zero-order valence-electron chi connectivity index (χ0n) is 11.5. The van der Waals surface area contributed by atoms with E-state index in [4.69, 9.17) is 0 Å². The summed E-state index contributed by atoms with van der Waals surface area (Å²) in [7, 11) is 0. The van der Waals surface area contributed by atoms with E-state index in [2.05, 4.69) is 5.32 Å². The first-order valence-electron chi connectivity index (χ1n) is 7.13. The van der Waals surface area contributed by atoms with Crippen molar-refractivity contribution < 1.29 is 14.7 Å². The fraction of sp³-hybridized carbons (Fsp3) is 0.846. The van der Waals surface area contributed by atoms with E-state index in [1.54, 1.807) is 0 Å². The normalized spacial score (nSPS) is 26.4. The number of amides is 1. The fourth-order valence-electron chi connectivity index (χ4n) is 3.07. The van der Waals surface area contributed by atoms with E-state index in [1.807, 2.05) is 16.7 Å². The number of aliphatic carboxylic acids is 1. The lowest BCUT2D eigenvalue weighted by molar-refractivity contribution is -0.146. The molecule has 0 aromatic rings. The molecule has 0 spiro atoms. The first kappa shape index (κ1) is 14.3. The van der Waals surface area contributed by atoms with Crippen molar-refractivity contribution in [3.05, 3.63) is 0 Å². The number of hydrogen-bond acceptors (Lipinski definition) is 4. The lowest BCUT2D eigenvalue weighted by Gasteiger charge is -2.34. The van der Waals surface area contributed by atoms with Crippen molar-refractivity contribution in [1.82, 2.24) is 15.1 Å². The van der Waals surface area contributed by atoms with Crippen LogP contribution in [0.4, 0.5) is 0 Å². The van der Waals surface area contributed by atoms with Gasteiger partial charge in [0.25, 0.3) is 0 Å². The maximum absolute atomic E-state index is 12.5. The lowest BCUT2D eigenvalue weighted by Crippen LogP contribution is -2.55. The predicted octanol–water partition coefficient (Wildman–Crippen LogP) is -0.254. The minimum Gasteiger partial charge on any atom is -0.480 e. The summed E-state index contributed by atoms with van der Waals surface area (Å²) in [4.78, 5) is 27.6. The molecule has 108 valence electrons. The summed E-state index contributed by atoms with van der Waals surface area (Å²) < 4.78 is 0. The molecule has 6 heteroatoms. The Bertz CT molecular complexity index is 342. The molecule has 2 aliphatic rings. The molecule has 1 amide bonds. The van der Waals surface area contributed by atoms with E-state index in [-0.39, 0.29) is 11.9 Å². The minimum absolute atomic E-state index is 0.110. The third-order valence-corrected chi connectivity index (χ3v) is 4.08. The molecule has 0 aromatic heterocycles. The first-order valence-corrected chi connectivity index (χ1v) is 7.13.